The minimum Gasteiger partial charge on any atom is -0.489 e. The van der Waals surface area contributed by atoms with Crippen molar-refractivity contribution in [1.82, 2.24) is 10.6 Å². The Morgan fingerprint density at radius 1 is 1.41 bits per heavy atom. The van der Waals surface area contributed by atoms with Crippen molar-refractivity contribution in [2.45, 2.75) is 19.9 Å². The molecule has 0 fully saturated rings. The standard InChI is InChI=1S/C12H17FN2O2/c1-9(2)15-12(16)14-7-8-17-11-6-4-3-5-10(11)13/h3-6,9H,7-8H2,1-2H3,(H2,14,15,16). The van der Waals surface area contributed by atoms with E-state index >= 15 is 0 Å². The molecule has 0 unspecified atom stereocenters. The maximum Gasteiger partial charge on any atom is 0.315 e. The van der Waals surface area contributed by atoms with E-state index in [-0.39, 0.29) is 24.4 Å². The first kappa shape index (κ1) is 13.3. The number of hydrogen-bond acceptors (Lipinski definition) is 2. The lowest BCUT2D eigenvalue weighted by molar-refractivity contribution is 0.233. The van der Waals surface area contributed by atoms with Crippen molar-refractivity contribution in [2.24, 2.45) is 0 Å². The molecular weight excluding hydrogens is 223 g/mol. The molecule has 1 aromatic rings. The van der Waals surface area contributed by atoms with Crippen LogP contribution < -0.4 is 15.4 Å². The van der Waals surface area contributed by atoms with Crippen LogP contribution in [0.3, 0.4) is 0 Å². The second-order valence-corrected chi connectivity index (χ2v) is 3.83. The number of carbonyl (C=O) groups is 1. The van der Waals surface area contributed by atoms with E-state index < -0.39 is 5.82 Å². The average molecular weight is 240 g/mol. The summed E-state index contributed by atoms with van der Waals surface area (Å²) in [6.45, 7) is 4.30. The Kier molecular flexibility index (Phi) is 5.26. The molecule has 1 rings (SSSR count). The highest BCUT2D eigenvalue weighted by Crippen LogP contribution is 2.14. The van der Waals surface area contributed by atoms with Crippen LogP contribution in [0.25, 0.3) is 0 Å². The van der Waals surface area contributed by atoms with E-state index in [0.717, 1.165) is 0 Å². The van der Waals surface area contributed by atoms with Crippen LogP contribution in [0.1, 0.15) is 13.8 Å². The molecule has 2 N–H and O–H groups in total. The summed E-state index contributed by atoms with van der Waals surface area (Å²) in [7, 11) is 0. The number of urea groups is 1. The van der Waals surface area contributed by atoms with Crippen LogP contribution >= 0.6 is 0 Å². The molecule has 17 heavy (non-hydrogen) atoms. The van der Waals surface area contributed by atoms with Crippen LogP contribution in [0, 0.1) is 5.82 Å². The molecule has 0 saturated carbocycles. The van der Waals surface area contributed by atoms with Gasteiger partial charge in [-0.3, -0.25) is 0 Å². The van der Waals surface area contributed by atoms with Gasteiger partial charge in [0.25, 0.3) is 0 Å². The fraction of sp³-hybridized carbons (Fsp3) is 0.417. The van der Waals surface area contributed by atoms with Gasteiger partial charge < -0.3 is 15.4 Å². The number of carbonyl (C=O) groups excluding carboxylic acids is 1. The molecule has 0 bridgehead atoms. The molecule has 5 heteroatoms. The van der Waals surface area contributed by atoms with E-state index in [2.05, 4.69) is 10.6 Å². The Morgan fingerprint density at radius 2 is 2.12 bits per heavy atom. The minimum absolute atomic E-state index is 0.0856. The number of rotatable bonds is 5. The van der Waals surface area contributed by atoms with Gasteiger partial charge in [-0.25, -0.2) is 9.18 Å². The highest BCUT2D eigenvalue weighted by atomic mass is 19.1. The van der Waals surface area contributed by atoms with Crippen LogP contribution in [0.4, 0.5) is 9.18 Å². The smallest absolute Gasteiger partial charge is 0.315 e. The van der Waals surface area contributed by atoms with Crippen molar-refractivity contribution < 1.29 is 13.9 Å². The van der Waals surface area contributed by atoms with Crippen LogP contribution in [0.2, 0.25) is 0 Å². The third-order valence-electron chi connectivity index (χ3n) is 1.90. The van der Waals surface area contributed by atoms with Crippen molar-refractivity contribution in [3.05, 3.63) is 30.1 Å². The lowest BCUT2D eigenvalue weighted by Crippen LogP contribution is -2.41. The summed E-state index contributed by atoms with van der Waals surface area (Å²) in [5.74, 6) is -0.210. The van der Waals surface area contributed by atoms with Gasteiger partial charge in [0.15, 0.2) is 11.6 Å². The van der Waals surface area contributed by atoms with E-state index in [9.17, 15) is 9.18 Å². The van der Waals surface area contributed by atoms with Crippen molar-refractivity contribution in [3.8, 4) is 5.75 Å². The van der Waals surface area contributed by atoms with Gasteiger partial charge in [-0.1, -0.05) is 12.1 Å². The number of amides is 2. The quantitative estimate of drug-likeness (QED) is 0.772. The van der Waals surface area contributed by atoms with Gasteiger partial charge >= 0.3 is 6.03 Å². The van der Waals surface area contributed by atoms with Crippen molar-refractivity contribution in [3.63, 3.8) is 0 Å². The molecule has 0 aliphatic carbocycles. The van der Waals surface area contributed by atoms with Crippen molar-refractivity contribution in [2.75, 3.05) is 13.2 Å². The molecule has 0 atom stereocenters. The largest absolute Gasteiger partial charge is 0.489 e. The summed E-state index contributed by atoms with van der Waals surface area (Å²) in [5.41, 5.74) is 0. The third kappa shape index (κ3) is 5.19. The molecule has 0 heterocycles. The summed E-state index contributed by atoms with van der Waals surface area (Å²) in [6, 6.07) is 5.99. The first-order valence-electron chi connectivity index (χ1n) is 5.51. The monoisotopic (exact) mass is 240 g/mol. The molecule has 0 radical (unpaired) electrons. The Bertz CT molecular complexity index is 369. The maximum absolute atomic E-state index is 13.1. The zero-order valence-corrected chi connectivity index (χ0v) is 10.00. The Labute approximate surface area is 100 Å². The highest BCUT2D eigenvalue weighted by molar-refractivity contribution is 5.74. The fourth-order valence-corrected chi connectivity index (χ4v) is 1.20. The van der Waals surface area contributed by atoms with Gasteiger partial charge in [-0.15, -0.1) is 0 Å². The molecule has 4 nitrogen and oxygen atoms in total. The summed E-state index contributed by atoms with van der Waals surface area (Å²) in [6.07, 6.45) is 0. The third-order valence-corrected chi connectivity index (χ3v) is 1.90. The molecule has 0 aliphatic rings. The minimum atomic E-state index is -0.404. The second kappa shape index (κ2) is 6.73. The van der Waals surface area contributed by atoms with Gasteiger partial charge in [0.2, 0.25) is 0 Å². The number of halogens is 1. The zero-order chi connectivity index (χ0) is 12.7. The topological polar surface area (TPSA) is 50.4 Å². The normalized spacial score (nSPS) is 10.1. The van der Waals surface area contributed by atoms with Gasteiger partial charge in [-0.05, 0) is 26.0 Å². The molecule has 0 aliphatic heterocycles. The molecule has 1 aromatic carbocycles. The Morgan fingerprint density at radius 3 is 2.76 bits per heavy atom. The first-order valence-corrected chi connectivity index (χ1v) is 5.51. The summed E-state index contributed by atoms with van der Waals surface area (Å²) >= 11 is 0. The number of para-hydroxylation sites is 1. The molecule has 94 valence electrons. The van der Waals surface area contributed by atoms with E-state index in [0.29, 0.717) is 6.54 Å². The van der Waals surface area contributed by atoms with Crippen molar-refractivity contribution >= 4 is 6.03 Å². The van der Waals surface area contributed by atoms with E-state index in [1.807, 2.05) is 13.8 Å². The Hall–Kier alpha value is -1.78. The van der Waals surface area contributed by atoms with Crippen LogP contribution in [-0.2, 0) is 0 Å². The molecule has 2 amide bonds. The van der Waals surface area contributed by atoms with Crippen molar-refractivity contribution in [1.29, 1.82) is 0 Å². The van der Waals surface area contributed by atoms with Crippen LogP contribution in [0.5, 0.6) is 5.75 Å². The van der Waals surface area contributed by atoms with Crippen LogP contribution in [0.15, 0.2) is 24.3 Å². The van der Waals surface area contributed by atoms with E-state index in [1.54, 1.807) is 18.2 Å². The van der Waals surface area contributed by atoms with Gasteiger partial charge in [0, 0.05) is 6.04 Å². The number of benzene rings is 1. The predicted molar refractivity (Wildman–Crippen MR) is 63.6 cm³/mol. The molecule has 0 aromatic heterocycles. The van der Waals surface area contributed by atoms with Gasteiger partial charge in [0.05, 0.1) is 6.54 Å². The van der Waals surface area contributed by atoms with E-state index in [4.69, 9.17) is 4.74 Å². The SMILES string of the molecule is CC(C)NC(=O)NCCOc1ccccc1F. The van der Waals surface area contributed by atoms with E-state index in [1.165, 1.54) is 6.07 Å². The fourth-order valence-electron chi connectivity index (χ4n) is 1.20. The molecule has 0 spiro atoms. The predicted octanol–water partition coefficient (Wildman–Crippen LogP) is 1.91. The lowest BCUT2D eigenvalue weighted by Gasteiger charge is -2.11. The Balaban J connectivity index is 2.21. The van der Waals surface area contributed by atoms with Gasteiger partial charge in [-0.2, -0.15) is 0 Å². The lowest BCUT2D eigenvalue weighted by atomic mass is 10.3. The second-order valence-electron chi connectivity index (χ2n) is 3.83. The molecular formula is C12H17FN2O2. The number of ether oxygens (including phenoxy) is 1. The maximum atomic E-state index is 13.1. The highest BCUT2D eigenvalue weighted by Gasteiger charge is 2.03. The number of hydrogen-bond donors (Lipinski definition) is 2. The van der Waals surface area contributed by atoms with Gasteiger partial charge in [0.1, 0.15) is 6.61 Å². The average Bonchev–Trinajstić information content (AvgIpc) is 2.25. The summed E-state index contributed by atoms with van der Waals surface area (Å²) < 4.78 is 18.3. The first-order chi connectivity index (χ1) is 8.09. The molecule has 0 saturated heterocycles. The summed E-state index contributed by atoms with van der Waals surface area (Å²) in [5, 5.41) is 5.28. The summed E-state index contributed by atoms with van der Waals surface area (Å²) in [4.78, 5) is 11.2. The van der Waals surface area contributed by atoms with Crippen LogP contribution in [-0.4, -0.2) is 25.2 Å². The zero-order valence-electron chi connectivity index (χ0n) is 10.00. The number of nitrogens with one attached hydrogen (secondary N) is 2.